The Labute approximate surface area is 119 Å². The van der Waals surface area contributed by atoms with Crippen molar-refractivity contribution in [3.63, 3.8) is 0 Å². The molecule has 20 heavy (non-hydrogen) atoms. The van der Waals surface area contributed by atoms with Crippen molar-refractivity contribution in [2.75, 3.05) is 13.2 Å². The third kappa shape index (κ3) is 1.81. The van der Waals surface area contributed by atoms with E-state index in [1.807, 2.05) is 0 Å². The molecule has 7 nitrogen and oxygen atoms in total. The van der Waals surface area contributed by atoms with E-state index in [2.05, 4.69) is 51.3 Å². The van der Waals surface area contributed by atoms with Crippen molar-refractivity contribution in [2.45, 2.75) is 38.9 Å². The average Bonchev–Trinajstić information content (AvgIpc) is 3.06. The van der Waals surface area contributed by atoms with Crippen LogP contribution in [0.2, 0.25) is 0 Å². The first-order valence-corrected chi connectivity index (χ1v) is 7.76. The molecule has 112 valence electrons. The first-order chi connectivity index (χ1) is 9.75. The summed E-state index contributed by atoms with van der Waals surface area (Å²) in [5.74, 6) is 3.23. The second kappa shape index (κ2) is 4.77. The summed E-state index contributed by atoms with van der Waals surface area (Å²) in [6, 6.07) is 0.428. The van der Waals surface area contributed by atoms with Crippen molar-refractivity contribution in [1.82, 2.24) is 37.5 Å². The van der Waals surface area contributed by atoms with Crippen LogP contribution in [0.5, 0.6) is 0 Å². The molecule has 0 amide bonds. The van der Waals surface area contributed by atoms with Gasteiger partial charge in [-0.15, -0.1) is 5.53 Å². The quantitative estimate of drug-likeness (QED) is 0.392. The van der Waals surface area contributed by atoms with Crippen LogP contribution in [0, 0.1) is 17.8 Å². The molecule has 0 bridgehead atoms. The van der Waals surface area contributed by atoms with Crippen LogP contribution >= 0.6 is 0 Å². The van der Waals surface area contributed by atoms with Crippen molar-refractivity contribution >= 4 is 0 Å². The van der Waals surface area contributed by atoms with Gasteiger partial charge < -0.3 is 5.32 Å². The molecule has 0 spiro atoms. The number of rotatable bonds is 2. The number of hydrazine groups is 3. The Morgan fingerprint density at radius 1 is 1.30 bits per heavy atom. The molecule has 4 atom stereocenters. The summed E-state index contributed by atoms with van der Waals surface area (Å²) in [6.07, 6.45) is 2.92. The van der Waals surface area contributed by atoms with Crippen molar-refractivity contribution < 1.29 is 0 Å². The molecule has 0 aliphatic carbocycles. The molecule has 0 radical (unpaired) electrons. The van der Waals surface area contributed by atoms with Gasteiger partial charge in [-0.05, 0) is 31.2 Å². The van der Waals surface area contributed by atoms with Crippen molar-refractivity contribution in [3.05, 3.63) is 11.5 Å². The number of hydrogen-bond acceptors (Lipinski definition) is 7. The fraction of sp³-hybridized carbons (Fsp3) is 0.846. The Morgan fingerprint density at radius 2 is 2.20 bits per heavy atom. The Hall–Kier alpha value is -1.02. The van der Waals surface area contributed by atoms with Gasteiger partial charge in [-0.1, -0.05) is 13.8 Å². The van der Waals surface area contributed by atoms with Crippen LogP contribution in [-0.4, -0.2) is 30.4 Å². The van der Waals surface area contributed by atoms with Gasteiger partial charge in [-0.25, -0.2) is 0 Å². The highest BCUT2D eigenvalue weighted by molar-refractivity contribution is 5.27. The lowest BCUT2D eigenvalue weighted by molar-refractivity contribution is 0.0154. The van der Waals surface area contributed by atoms with E-state index in [1.54, 1.807) is 0 Å². The van der Waals surface area contributed by atoms with Crippen LogP contribution in [0.1, 0.15) is 26.7 Å². The van der Waals surface area contributed by atoms with Crippen LogP contribution in [0.15, 0.2) is 11.5 Å². The fourth-order valence-electron chi connectivity index (χ4n) is 4.30. The summed E-state index contributed by atoms with van der Waals surface area (Å²) in [7, 11) is 0. The highest BCUT2D eigenvalue weighted by Gasteiger charge is 2.50. The lowest BCUT2D eigenvalue weighted by Crippen LogP contribution is -2.65. The van der Waals surface area contributed by atoms with Gasteiger partial charge >= 0.3 is 0 Å². The molecule has 0 aromatic carbocycles. The summed E-state index contributed by atoms with van der Waals surface area (Å²) in [4.78, 5) is 0. The third-order valence-electron chi connectivity index (χ3n) is 4.98. The summed E-state index contributed by atoms with van der Waals surface area (Å²) in [5.41, 5.74) is 10.8. The van der Waals surface area contributed by atoms with E-state index in [1.165, 1.54) is 18.5 Å². The van der Waals surface area contributed by atoms with Crippen molar-refractivity contribution in [3.8, 4) is 0 Å². The molecule has 4 heterocycles. The van der Waals surface area contributed by atoms with Gasteiger partial charge in [0.1, 0.15) is 6.17 Å². The van der Waals surface area contributed by atoms with Crippen molar-refractivity contribution in [1.29, 1.82) is 0 Å². The molecule has 0 saturated carbocycles. The molecule has 4 aliphatic rings. The maximum atomic E-state index is 3.69. The molecule has 0 aromatic rings. The van der Waals surface area contributed by atoms with E-state index in [0.29, 0.717) is 18.1 Å². The monoisotopic (exact) mass is 279 g/mol. The predicted molar refractivity (Wildman–Crippen MR) is 76.0 cm³/mol. The van der Waals surface area contributed by atoms with E-state index >= 15 is 0 Å². The Balaban J connectivity index is 1.69. The minimum absolute atomic E-state index is 0.339. The van der Waals surface area contributed by atoms with E-state index in [-0.39, 0.29) is 0 Å². The number of nitrogens with zero attached hydrogens (tertiary/aromatic N) is 1. The fourth-order valence-corrected chi connectivity index (χ4v) is 4.30. The summed E-state index contributed by atoms with van der Waals surface area (Å²) in [5, 5.41) is 13.0. The Bertz CT molecular complexity index is 421. The van der Waals surface area contributed by atoms with E-state index < -0.39 is 0 Å². The minimum atomic E-state index is 0.339. The zero-order chi connectivity index (χ0) is 13.7. The number of piperidine rings is 1. The largest absolute Gasteiger partial charge is 0.372 e. The van der Waals surface area contributed by atoms with Gasteiger partial charge in [0.2, 0.25) is 0 Å². The van der Waals surface area contributed by atoms with Crippen LogP contribution in [0.4, 0.5) is 0 Å². The van der Waals surface area contributed by atoms with E-state index in [4.69, 9.17) is 0 Å². The molecular weight excluding hydrogens is 254 g/mol. The highest BCUT2D eigenvalue weighted by Crippen LogP contribution is 2.40. The third-order valence-corrected chi connectivity index (χ3v) is 4.98. The lowest BCUT2D eigenvalue weighted by Gasteiger charge is -2.49. The molecule has 4 unspecified atom stereocenters. The summed E-state index contributed by atoms with van der Waals surface area (Å²) in [6.45, 7) is 6.62. The van der Waals surface area contributed by atoms with Gasteiger partial charge in [0, 0.05) is 5.92 Å². The standard InChI is InChI=1S/C13H25N7/c1-7(2)5-8-3-4-14-12-9(8)10-11(16-6-15-10)13-17-18-19-20(12)13/h7-10,12,14-19H,3-6H2,1-2H3. The van der Waals surface area contributed by atoms with Gasteiger partial charge in [-0.3, -0.25) is 21.1 Å². The number of nitrogens with one attached hydrogen (secondary N) is 6. The number of fused-ring (bicyclic) bond motifs is 5. The molecule has 6 N–H and O–H groups in total. The topological polar surface area (TPSA) is 75.4 Å². The highest BCUT2D eigenvalue weighted by atomic mass is 15.9. The SMILES string of the molecule is CC(C)CC1CCNC2C1C1NCNC1=C1NNNN12. The molecular formula is C13H25N7. The van der Waals surface area contributed by atoms with Crippen LogP contribution < -0.4 is 32.4 Å². The predicted octanol–water partition coefficient (Wildman–Crippen LogP) is -0.885. The minimum Gasteiger partial charge on any atom is -0.372 e. The maximum absolute atomic E-state index is 3.69. The maximum Gasteiger partial charge on any atom is 0.155 e. The zero-order valence-corrected chi connectivity index (χ0v) is 12.2. The zero-order valence-electron chi connectivity index (χ0n) is 12.2. The van der Waals surface area contributed by atoms with Gasteiger partial charge in [-0.2, -0.15) is 5.53 Å². The average molecular weight is 279 g/mol. The van der Waals surface area contributed by atoms with Gasteiger partial charge in [0.15, 0.2) is 5.82 Å². The van der Waals surface area contributed by atoms with Crippen LogP contribution in [0.25, 0.3) is 0 Å². The first kappa shape index (κ1) is 12.7. The Kier molecular flexibility index (Phi) is 3.03. The first-order valence-electron chi connectivity index (χ1n) is 7.76. The van der Waals surface area contributed by atoms with Crippen LogP contribution in [0.3, 0.4) is 0 Å². The molecule has 7 heteroatoms. The molecule has 4 rings (SSSR count). The lowest BCUT2D eigenvalue weighted by atomic mass is 9.73. The normalized spacial score (nSPS) is 39.2. The smallest absolute Gasteiger partial charge is 0.155 e. The Morgan fingerprint density at radius 3 is 3.05 bits per heavy atom. The summed E-state index contributed by atoms with van der Waals surface area (Å²) >= 11 is 0. The molecule has 4 aliphatic heterocycles. The molecule has 3 saturated heterocycles. The van der Waals surface area contributed by atoms with E-state index in [9.17, 15) is 0 Å². The second-order valence-electron chi connectivity index (χ2n) is 6.68. The van der Waals surface area contributed by atoms with Crippen LogP contribution in [-0.2, 0) is 0 Å². The second-order valence-corrected chi connectivity index (χ2v) is 6.68. The number of hydrogen-bond donors (Lipinski definition) is 6. The molecule has 3 fully saturated rings. The van der Waals surface area contributed by atoms with Crippen molar-refractivity contribution in [2.24, 2.45) is 17.8 Å². The summed E-state index contributed by atoms with van der Waals surface area (Å²) < 4.78 is 0. The van der Waals surface area contributed by atoms with E-state index in [0.717, 1.165) is 30.9 Å². The molecule has 0 aromatic heterocycles. The van der Waals surface area contributed by atoms with Gasteiger partial charge in [0.25, 0.3) is 0 Å². The van der Waals surface area contributed by atoms with Gasteiger partial charge in [0.05, 0.1) is 18.4 Å².